The Bertz CT molecular complexity index is 1500. The van der Waals surface area contributed by atoms with Crippen molar-refractivity contribution < 1.29 is 47.9 Å². The SMILES string of the molecule is COc1cc(C2CC(=O)Oc3ccc4c(c32)O/C(=C\c2ccc(OC)c(OC)c2OC)C4=O)cc(OC)c1O. The Kier molecular flexibility index (Phi) is 6.69. The Hall–Kier alpha value is -4.86. The van der Waals surface area contributed by atoms with Crippen LogP contribution >= 0.6 is 0 Å². The zero-order valence-corrected chi connectivity index (χ0v) is 21.9. The van der Waals surface area contributed by atoms with Crippen molar-refractivity contribution in [3.8, 4) is 46.0 Å². The normalized spacial score (nSPS) is 16.6. The van der Waals surface area contributed by atoms with Crippen molar-refractivity contribution in [3.05, 3.63) is 64.4 Å². The molecule has 0 bridgehead atoms. The monoisotopic (exact) mass is 534 g/mol. The number of phenols is 1. The van der Waals surface area contributed by atoms with Crippen molar-refractivity contribution in [2.24, 2.45) is 0 Å². The largest absolute Gasteiger partial charge is 0.502 e. The average Bonchev–Trinajstić information content (AvgIpc) is 3.26. The summed E-state index contributed by atoms with van der Waals surface area (Å²) in [6.45, 7) is 0. The first-order valence-electron chi connectivity index (χ1n) is 11.9. The van der Waals surface area contributed by atoms with Crippen LogP contribution < -0.4 is 33.2 Å². The minimum Gasteiger partial charge on any atom is -0.502 e. The quantitative estimate of drug-likeness (QED) is 0.264. The van der Waals surface area contributed by atoms with E-state index in [9.17, 15) is 14.7 Å². The van der Waals surface area contributed by atoms with Crippen LogP contribution in [0.15, 0.2) is 42.2 Å². The van der Waals surface area contributed by atoms with Gasteiger partial charge in [-0.15, -0.1) is 0 Å². The number of esters is 1. The number of benzene rings is 3. The second-order valence-electron chi connectivity index (χ2n) is 8.72. The lowest BCUT2D eigenvalue weighted by atomic mass is 9.84. The first-order chi connectivity index (χ1) is 18.8. The number of fused-ring (bicyclic) bond motifs is 3. The zero-order valence-electron chi connectivity index (χ0n) is 21.9. The summed E-state index contributed by atoms with van der Waals surface area (Å²) in [5.41, 5.74) is 2.00. The third-order valence-electron chi connectivity index (χ3n) is 6.71. The molecule has 2 aliphatic heterocycles. The lowest BCUT2D eigenvalue weighted by molar-refractivity contribution is -0.135. The number of methoxy groups -OCH3 is 5. The Morgan fingerprint density at radius 2 is 1.49 bits per heavy atom. The Balaban J connectivity index is 1.63. The van der Waals surface area contributed by atoms with E-state index in [2.05, 4.69) is 0 Å². The number of hydrogen-bond donors (Lipinski definition) is 1. The number of ether oxygens (including phenoxy) is 7. The smallest absolute Gasteiger partial charge is 0.312 e. The first-order valence-corrected chi connectivity index (χ1v) is 11.9. The third kappa shape index (κ3) is 4.23. The predicted molar refractivity (Wildman–Crippen MR) is 139 cm³/mol. The number of hydrogen-bond acceptors (Lipinski definition) is 10. The predicted octanol–water partition coefficient (Wildman–Crippen LogP) is 4.49. The molecule has 1 atom stereocenters. The number of carbonyl (C=O) groups excluding carboxylic acids is 2. The highest BCUT2D eigenvalue weighted by molar-refractivity contribution is 6.15. The summed E-state index contributed by atoms with van der Waals surface area (Å²) in [7, 11) is 7.33. The van der Waals surface area contributed by atoms with Crippen LogP contribution in [0.2, 0.25) is 0 Å². The van der Waals surface area contributed by atoms with E-state index in [1.807, 2.05) is 0 Å². The second-order valence-corrected chi connectivity index (χ2v) is 8.72. The highest BCUT2D eigenvalue weighted by Gasteiger charge is 2.39. The van der Waals surface area contributed by atoms with Crippen LogP contribution in [-0.2, 0) is 4.79 Å². The lowest BCUT2D eigenvalue weighted by Gasteiger charge is -2.27. The molecule has 0 aromatic heterocycles. The van der Waals surface area contributed by atoms with Gasteiger partial charge in [-0.2, -0.15) is 0 Å². The molecule has 10 nitrogen and oxygen atoms in total. The van der Waals surface area contributed by atoms with Crippen LogP contribution in [0, 0.1) is 0 Å². The number of carbonyl (C=O) groups is 2. The van der Waals surface area contributed by atoms with Crippen LogP contribution in [0.3, 0.4) is 0 Å². The number of ketones is 1. The number of phenolic OH excluding ortho intramolecular Hbond substituents is 1. The van der Waals surface area contributed by atoms with E-state index in [0.29, 0.717) is 39.5 Å². The molecule has 39 heavy (non-hydrogen) atoms. The van der Waals surface area contributed by atoms with Crippen LogP contribution in [-0.4, -0.2) is 52.4 Å². The minimum absolute atomic E-state index is 0.0271. The summed E-state index contributed by atoms with van der Waals surface area (Å²) < 4.78 is 38.6. The van der Waals surface area contributed by atoms with Gasteiger partial charge in [-0.3, -0.25) is 9.59 Å². The van der Waals surface area contributed by atoms with Gasteiger partial charge in [0.1, 0.15) is 11.5 Å². The first kappa shape index (κ1) is 25.8. The maximum atomic E-state index is 13.4. The third-order valence-corrected chi connectivity index (χ3v) is 6.71. The van der Waals surface area contributed by atoms with Crippen LogP contribution in [0.4, 0.5) is 0 Å². The molecule has 0 saturated carbocycles. The molecule has 5 rings (SSSR count). The lowest BCUT2D eigenvalue weighted by Crippen LogP contribution is -2.21. The van der Waals surface area contributed by atoms with Gasteiger partial charge in [0.05, 0.1) is 47.5 Å². The van der Waals surface area contributed by atoms with Crippen molar-refractivity contribution in [2.75, 3.05) is 35.5 Å². The average molecular weight is 535 g/mol. The van der Waals surface area contributed by atoms with Gasteiger partial charge >= 0.3 is 5.97 Å². The number of Topliss-reactive ketones (excluding diaryl/α,β-unsaturated/α-hetero) is 1. The van der Waals surface area contributed by atoms with Gasteiger partial charge in [0.15, 0.2) is 28.8 Å². The molecular formula is C29H26O10. The van der Waals surface area contributed by atoms with Gasteiger partial charge in [-0.25, -0.2) is 0 Å². The van der Waals surface area contributed by atoms with E-state index in [1.54, 1.807) is 42.5 Å². The summed E-state index contributed by atoms with van der Waals surface area (Å²) in [5.74, 6) is 0.651. The fourth-order valence-electron chi connectivity index (χ4n) is 4.89. The van der Waals surface area contributed by atoms with Gasteiger partial charge in [0.2, 0.25) is 17.3 Å². The molecule has 3 aromatic carbocycles. The standard InChI is InChI=1S/C29H26O10/c1-33-19-8-6-14(27(36-4)29(19)37-5)10-22-25(31)16-7-9-18-24(28(16)39-22)17(13-23(30)38-18)15-11-20(34-2)26(32)21(12-15)35-3/h6-12,17,32H,13H2,1-5H3/b22-10-. The van der Waals surface area contributed by atoms with Gasteiger partial charge in [-0.1, -0.05) is 0 Å². The summed E-state index contributed by atoms with van der Waals surface area (Å²) in [5, 5.41) is 10.4. The van der Waals surface area contributed by atoms with Gasteiger partial charge in [0, 0.05) is 17.0 Å². The molecule has 3 aromatic rings. The van der Waals surface area contributed by atoms with E-state index < -0.39 is 11.9 Å². The van der Waals surface area contributed by atoms with E-state index in [1.165, 1.54) is 35.5 Å². The van der Waals surface area contributed by atoms with E-state index in [0.717, 1.165) is 0 Å². The molecule has 10 heteroatoms. The molecule has 1 N–H and O–H groups in total. The van der Waals surface area contributed by atoms with E-state index >= 15 is 0 Å². The second kappa shape index (κ2) is 10.1. The summed E-state index contributed by atoms with van der Waals surface area (Å²) in [6, 6.07) is 9.80. The molecule has 2 heterocycles. The highest BCUT2D eigenvalue weighted by atomic mass is 16.5. The van der Waals surface area contributed by atoms with Crippen molar-refractivity contribution in [1.82, 2.24) is 0 Å². The van der Waals surface area contributed by atoms with E-state index in [4.69, 9.17) is 33.2 Å². The van der Waals surface area contributed by atoms with Crippen molar-refractivity contribution >= 4 is 17.8 Å². The molecule has 0 fully saturated rings. The number of aromatic hydroxyl groups is 1. The highest BCUT2D eigenvalue weighted by Crippen LogP contribution is 2.51. The van der Waals surface area contributed by atoms with E-state index in [-0.39, 0.29) is 46.7 Å². The maximum absolute atomic E-state index is 13.4. The maximum Gasteiger partial charge on any atom is 0.312 e. The fourth-order valence-corrected chi connectivity index (χ4v) is 4.89. The minimum atomic E-state index is -0.567. The summed E-state index contributed by atoms with van der Waals surface area (Å²) >= 11 is 0. The zero-order chi connectivity index (χ0) is 27.8. The Labute approximate surface area is 224 Å². The molecule has 0 spiro atoms. The van der Waals surface area contributed by atoms with Gasteiger partial charge in [0.25, 0.3) is 0 Å². The topological polar surface area (TPSA) is 119 Å². The number of allylic oxidation sites excluding steroid dienone is 1. The van der Waals surface area contributed by atoms with Crippen LogP contribution in [0.1, 0.15) is 39.4 Å². The molecule has 2 aliphatic rings. The Morgan fingerprint density at radius 3 is 2.10 bits per heavy atom. The van der Waals surface area contributed by atoms with Crippen LogP contribution in [0.5, 0.6) is 46.0 Å². The molecule has 202 valence electrons. The molecule has 0 aliphatic carbocycles. The molecule has 0 radical (unpaired) electrons. The van der Waals surface area contributed by atoms with Crippen molar-refractivity contribution in [2.45, 2.75) is 12.3 Å². The number of rotatable bonds is 7. The van der Waals surface area contributed by atoms with Crippen molar-refractivity contribution in [3.63, 3.8) is 0 Å². The van der Waals surface area contributed by atoms with Crippen molar-refractivity contribution in [1.29, 1.82) is 0 Å². The Morgan fingerprint density at radius 1 is 0.821 bits per heavy atom. The van der Waals surface area contributed by atoms with Crippen LogP contribution in [0.25, 0.3) is 6.08 Å². The summed E-state index contributed by atoms with van der Waals surface area (Å²) in [6.07, 6.45) is 1.53. The fraction of sp³-hybridized carbons (Fsp3) is 0.241. The molecular weight excluding hydrogens is 508 g/mol. The molecule has 0 amide bonds. The van der Waals surface area contributed by atoms with Gasteiger partial charge in [-0.05, 0) is 48.0 Å². The molecule has 0 saturated heterocycles. The summed E-state index contributed by atoms with van der Waals surface area (Å²) in [4.78, 5) is 26.0. The molecule has 1 unspecified atom stereocenters. The van der Waals surface area contributed by atoms with Gasteiger partial charge < -0.3 is 38.3 Å².